The van der Waals surface area contributed by atoms with E-state index < -0.39 is 23.1 Å². The van der Waals surface area contributed by atoms with Gasteiger partial charge in [0.05, 0.1) is 11.2 Å². The summed E-state index contributed by atoms with van der Waals surface area (Å²) >= 11 is 0. The monoisotopic (exact) mass is 423 g/mol. The van der Waals surface area contributed by atoms with Gasteiger partial charge in [-0.2, -0.15) is 0 Å². The molecule has 0 aliphatic heterocycles. The number of benzene rings is 1. The minimum Gasteiger partial charge on any atom is -0.507 e. The molecule has 0 saturated carbocycles. The van der Waals surface area contributed by atoms with E-state index in [-0.39, 0.29) is 28.5 Å². The molecular formula is C25H29NO5. The molecule has 0 saturated heterocycles. The van der Waals surface area contributed by atoms with Gasteiger partial charge in [-0.05, 0) is 69.2 Å². The molecule has 6 nitrogen and oxygen atoms in total. The van der Waals surface area contributed by atoms with Crippen molar-refractivity contribution in [2.45, 2.75) is 58.0 Å². The molecular weight excluding hydrogens is 394 g/mol. The number of nitroso groups, excluding NO2 is 1. The first-order valence-corrected chi connectivity index (χ1v) is 10.5. The highest BCUT2D eigenvalue weighted by Crippen LogP contribution is 2.50. The van der Waals surface area contributed by atoms with Crippen molar-refractivity contribution in [2.24, 2.45) is 11.1 Å². The Morgan fingerprint density at radius 1 is 1.23 bits per heavy atom. The van der Waals surface area contributed by atoms with Gasteiger partial charge in [0.2, 0.25) is 0 Å². The Morgan fingerprint density at radius 2 is 1.97 bits per heavy atom. The summed E-state index contributed by atoms with van der Waals surface area (Å²) in [5.41, 5.74) is 0.463. The van der Waals surface area contributed by atoms with E-state index in [1.807, 2.05) is 31.2 Å². The fourth-order valence-electron chi connectivity index (χ4n) is 4.48. The molecule has 3 N–H and O–H groups in total. The molecule has 0 heterocycles. The minimum absolute atomic E-state index is 0.160. The first-order valence-electron chi connectivity index (χ1n) is 10.5. The van der Waals surface area contributed by atoms with E-state index in [4.69, 9.17) is 0 Å². The molecule has 2 unspecified atom stereocenters. The molecule has 2 atom stereocenters. The van der Waals surface area contributed by atoms with Gasteiger partial charge in [-0.15, -0.1) is 4.91 Å². The fraction of sp³-hybridized carbons (Fsp3) is 0.400. The van der Waals surface area contributed by atoms with E-state index in [1.54, 1.807) is 19.9 Å². The normalized spacial score (nSPS) is 21.7. The number of allylic oxidation sites excluding steroid dienone is 8. The molecule has 2 aliphatic rings. The summed E-state index contributed by atoms with van der Waals surface area (Å²) in [6, 6.07) is 1.07. The maximum absolute atomic E-state index is 12.9. The van der Waals surface area contributed by atoms with Crippen LogP contribution in [0.5, 0.6) is 11.5 Å². The number of aliphatic hydroxyl groups is 1. The Labute approximate surface area is 182 Å². The molecule has 164 valence electrons. The van der Waals surface area contributed by atoms with Crippen molar-refractivity contribution in [2.75, 3.05) is 0 Å². The summed E-state index contributed by atoms with van der Waals surface area (Å²) < 4.78 is 0. The van der Waals surface area contributed by atoms with Gasteiger partial charge in [-0.25, -0.2) is 0 Å². The Hall–Kier alpha value is -2.99. The summed E-state index contributed by atoms with van der Waals surface area (Å²) in [6.45, 7) is 5.31. The third kappa shape index (κ3) is 4.85. The Morgan fingerprint density at radius 3 is 2.58 bits per heavy atom. The number of rotatable bonds is 6. The van der Waals surface area contributed by atoms with Crippen LogP contribution in [0, 0.1) is 10.8 Å². The van der Waals surface area contributed by atoms with Gasteiger partial charge in [0.25, 0.3) is 0 Å². The second-order valence-corrected chi connectivity index (χ2v) is 8.86. The van der Waals surface area contributed by atoms with Crippen LogP contribution in [0.25, 0.3) is 0 Å². The van der Waals surface area contributed by atoms with Gasteiger partial charge in [0.1, 0.15) is 17.2 Å². The molecule has 0 aromatic heterocycles. The highest BCUT2D eigenvalue weighted by atomic mass is 16.3. The maximum Gasteiger partial charge on any atom is 0.191 e. The number of aromatic hydroxyl groups is 2. The van der Waals surface area contributed by atoms with Crippen molar-refractivity contribution in [3.8, 4) is 11.5 Å². The number of nitrogens with zero attached hydrogens (tertiary/aromatic N) is 1. The standard InChI is InChI=1S/C25H29NO5/c1-15-9-11-18(25(2,3)30)17(13-15)22-20(28)14-21(29)23(24(22)26-31)19(27)12-10-16-7-5-4-6-8-16/h5,7-8,10,12-14,17-18,28-30H,4,6,9,11H2,1-3H3/b12-10+. The largest absolute Gasteiger partial charge is 0.507 e. The van der Waals surface area contributed by atoms with E-state index in [1.165, 1.54) is 6.08 Å². The number of phenols is 2. The lowest BCUT2D eigenvalue weighted by Crippen LogP contribution is -2.36. The molecule has 6 heteroatoms. The molecule has 1 aromatic rings. The van der Waals surface area contributed by atoms with Crippen molar-refractivity contribution in [1.82, 2.24) is 0 Å². The van der Waals surface area contributed by atoms with Crippen LogP contribution in [0.1, 0.15) is 68.3 Å². The highest BCUT2D eigenvalue weighted by Gasteiger charge is 2.39. The number of ketones is 1. The summed E-state index contributed by atoms with van der Waals surface area (Å²) in [6.07, 6.45) is 14.0. The molecule has 0 fully saturated rings. The van der Waals surface area contributed by atoms with E-state index in [2.05, 4.69) is 5.18 Å². The van der Waals surface area contributed by atoms with Crippen LogP contribution in [0.15, 0.2) is 58.8 Å². The molecule has 1 aromatic carbocycles. The molecule has 0 radical (unpaired) electrons. The maximum atomic E-state index is 12.9. The van der Waals surface area contributed by atoms with Crippen LogP contribution in [-0.2, 0) is 0 Å². The van der Waals surface area contributed by atoms with Crippen LogP contribution >= 0.6 is 0 Å². The molecule has 2 aliphatic carbocycles. The number of hydrogen-bond acceptors (Lipinski definition) is 6. The van der Waals surface area contributed by atoms with E-state index in [0.717, 1.165) is 36.5 Å². The topological polar surface area (TPSA) is 107 Å². The van der Waals surface area contributed by atoms with E-state index in [0.29, 0.717) is 6.42 Å². The number of carbonyl (C=O) groups is 1. The summed E-state index contributed by atoms with van der Waals surface area (Å²) in [7, 11) is 0. The molecule has 0 amide bonds. The Kier molecular flexibility index (Phi) is 6.60. The second-order valence-electron chi connectivity index (χ2n) is 8.86. The zero-order valence-electron chi connectivity index (χ0n) is 18.1. The van der Waals surface area contributed by atoms with E-state index >= 15 is 0 Å². The van der Waals surface area contributed by atoms with Crippen LogP contribution in [0.4, 0.5) is 5.69 Å². The smallest absolute Gasteiger partial charge is 0.191 e. The summed E-state index contributed by atoms with van der Waals surface area (Å²) in [5, 5.41) is 34.8. The lowest BCUT2D eigenvalue weighted by molar-refractivity contribution is 0.00452. The average molecular weight is 424 g/mol. The Balaban J connectivity index is 2.12. The average Bonchev–Trinajstić information content (AvgIpc) is 2.71. The summed E-state index contributed by atoms with van der Waals surface area (Å²) in [5.74, 6) is -2.24. The SMILES string of the molecule is CC1=CC(c2c(O)cc(O)c(C(=O)/C=C/C3=CCCC=C3)c2N=O)C(C(C)(C)O)CC1. The molecule has 3 rings (SSSR count). The van der Waals surface area contributed by atoms with Gasteiger partial charge < -0.3 is 15.3 Å². The first kappa shape index (κ1) is 22.7. The second kappa shape index (κ2) is 9.02. The third-order valence-corrected chi connectivity index (χ3v) is 6.07. The fourth-order valence-corrected chi connectivity index (χ4v) is 4.48. The quantitative estimate of drug-likeness (QED) is 0.235. The Bertz CT molecular complexity index is 1010. The lowest BCUT2D eigenvalue weighted by Gasteiger charge is -2.38. The van der Waals surface area contributed by atoms with Gasteiger partial charge in [-0.3, -0.25) is 4.79 Å². The highest BCUT2D eigenvalue weighted by molar-refractivity contribution is 6.11. The third-order valence-electron chi connectivity index (χ3n) is 6.07. The first-order chi connectivity index (χ1) is 14.6. The summed E-state index contributed by atoms with van der Waals surface area (Å²) in [4.78, 5) is 24.8. The van der Waals surface area contributed by atoms with Gasteiger partial charge in [-0.1, -0.05) is 36.0 Å². The molecule has 31 heavy (non-hydrogen) atoms. The number of carbonyl (C=O) groups excluding carboxylic acids is 1. The van der Waals surface area contributed by atoms with Crippen molar-refractivity contribution in [3.05, 3.63) is 69.7 Å². The van der Waals surface area contributed by atoms with Gasteiger partial charge in [0, 0.05) is 17.5 Å². The van der Waals surface area contributed by atoms with Gasteiger partial charge >= 0.3 is 0 Å². The van der Waals surface area contributed by atoms with Crippen LogP contribution in [-0.4, -0.2) is 26.7 Å². The zero-order valence-corrected chi connectivity index (χ0v) is 18.1. The zero-order chi connectivity index (χ0) is 22.8. The van der Waals surface area contributed by atoms with E-state index in [9.17, 15) is 25.0 Å². The van der Waals surface area contributed by atoms with Crippen LogP contribution in [0.3, 0.4) is 0 Å². The molecule has 0 spiro atoms. The number of phenolic OH excluding ortho intramolecular Hbond substituents is 2. The van der Waals surface area contributed by atoms with Crippen molar-refractivity contribution >= 4 is 11.5 Å². The van der Waals surface area contributed by atoms with Gasteiger partial charge in [0.15, 0.2) is 5.78 Å². The van der Waals surface area contributed by atoms with Crippen LogP contribution < -0.4 is 0 Å². The van der Waals surface area contributed by atoms with Crippen molar-refractivity contribution in [1.29, 1.82) is 0 Å². The molecule has 0 bridgehead atoms. The van der Waals surface area contributed by atoms with Crippen molar-refractivity contribution in [3.63, 3.8) is 0 Å². The minimum atomic E-state index is -1.09. The van der Waals surface area contributed by atoms with Crippen LogP contribution in [0.2, 0.25) is 0 Å². The lowest BCUT2D eigenvalue weighted by atomic mass is 9.69. The van der Waals surface area contributed by atoms with Crippen molar-refractivity contribution < 1.29 is 20.1 Å². The predicted molar refractivity (Wildman–Crippen MR) is 121 cm³/mol. The predicted octanol–water partition coefficient (Wildman–Crippen LogP) is 5.72. The number of hydrogen-bond donors (Lipinski definition) is 3.